The number of sulfonamides is 1. The number of nitrogens with one attached hydrogen (secondary N) is 1. The molecule has 0 saturated heterocycles. The number of fused-ring (bicyclic) bond motifs is 1. The van der Waals surface area contributed by atoms with Gasteiger partial charge in [0.2, 0.25) is 5.65 Å². The number of ether oxygens (including phenoxy) is 1. The molecule has 0 aliphatic carbocycles. The Labute approximate surface area is 186 Å². The molecule has 0 amide bonds. The Kier molecular flexibility index (Phi) is 5.76. The Balaban J connectivity index is 1.73. The lowest BCUT2D eigenvalue weighted by molar-refractivity contribution is 0.0521. The quantitative estimate of drug-likeness (QED) is 0.423. The third-order valence-electron chi connectivity index (χ3n) is 4.40. The highest BCUT2D eigenvalue weighted by molar-refractivity contribution is 7.92. The summed E-state index contributed by atoms with van der Waals surface area (Å²) in [4.78, 5) is 15.5. The normalized spacial score (nSPS) is 11.5. The lowest BCUT2D eigenvalue weighted by Gasteiger charge is -2.14. The average Bonchev–Trinajstić information content (AvgIpc) is 3.19. The molecule has 0 radical (unpaired) electrons. The fourth-order valence-corrected chi connectivity index (χ4v) is 4.20. The lowest BCUT2D eigenvalue weighted by Crippen LogP contribution is -2.16. The van der Waals surface area contributed by atoms with E-state index in [-0.39, 0.29) is 22.8 Å². The predicted molar refractivity (Wildman–Crippen MR) is 115 cm³/mol. The zero-order valence-corrected chi connectivity index (χ0v) is 18.1. The number of anilines is 1. The zero-order valence-electron chi connectivity index (χ0n) is 16.5. The van der Waals surface area contributed by atoms with Crippen LogP contribution in [-0.2, 0) is 14.8 Å². The van der Waals surface area contributed by atoms with Crippen LogP contribution in [0, 0.1) is 5.82 Å². The number of nitrogens with zero attached hydrogens (tertiary/aromatic N) is 4. The molecule has 1 N–H and O–H groups in total. The molecule has 2 aromatic heterocycles. The topological polar surface area (TPSA) is 116 Å². The Morgan fingerprint density at radius 3 is 2.78 bits per heavy atom. The monoisotopic (exact) mass is 475 g/mol. The highest BCUT2D eigenvalue weighted by atomic mass is 35.5. The van der Waals surface area contributed by atoms with Gasteiger partial charge >= 0.3 is 5.97 Å². The minimum absolute atomic E-state index is 0.0612. The second-order valence-electron chi connectivity index (χ2n) is 6.48. The number of hydrogen-bond donors (Lipinski definition) is 1. The van der Waals surface area contributed by atoms with E-state index in [0.29, 0.717) is 21.9 Å². The number of benzene rings is 2. The second kappa shape index (κ2) is 8.52. The summed E-state index contributed by atoms with van der Waals surface area (Å²) in [6.07, 6.45) is 1.55. The van der Waals surface area contributed by atoms with Crippen molar-refractivity contribution in [2.45, 2.75) is 11.8 Å². The largest absolute Gasteiger partial charge is 0.462 e. The highest BCUT2D eigenvalue weighted by Crippen LogP contribution is 2.28. The second-order valence-corrected chi connectivity index (χ2v) is 8.60. The summed E-state index contributed by atoms with van der Waals surface area (Å²) < 4.78 is 48.8. The van der Waals surface area contributed by atoms with Crippen LogP contribution in [0.2, 0.25) is 5.02 Å². The third kappa shape index (κ3) is 4.12. The summed E-state index contributed by atoms with van der Waals surface area (Å²) in [5, 5.41) is 8.33. The van der Waals surface area contributed by atoms with Crippen molar-refractivity contribution in [2.75, 3.05) is 11.3 Å². The van der Waals surface area contributed by atoms with Crippen LogP contribution in [0.3, 0.4) is 0 Å². The van der Waals surface area contributed by atoms with Crippen molar-refractivity contribution in [1.29, 1.82) is 0 Å². The molecule has 2 heterocycles. The van der Waals surface area contributed by atoms with E-state index in [0.717, 1.165) is 18.2 Å². The summed E-state index contributed by atoms with van der Waals surface area (Å²) in [6.45, 7) is 1.64. The van der Waals surface area contributed by atoms with Gasteiger partial charge in [-0.15, -0.1) is 5.10 Å². The van der Waals surface area contributed by atoms with Gasteiger partial charge in [-0.2, -0.15) is 0 Å². The van der Waals surface area contributed by atoms with Crippen LogP contribution in [0.4, 0.5) is 10.1 Å². The molecule has 32 heavy (non-hydrogen) atoms. The maximum absolute atomic E-state index is 14.4. The van der Waals surface area contributed by atoms with Gasteiger partial charge in [0.15, 0.2) is 0 Å². The molecule has 0 saturated carbocycles. The van der Waals surface area contributed by atoms with Crippen LogP contribution in [0.15, 0.2) is 59.6 Å². The van der Waals surface area contributed by atoms with Crippen molar-refractivity contribution in [3.05, 3.63) is 71.1 Å². The van der Waals surface area contributed by atoms with Crippen LogP contribution in [-0.4, -0.2) is 41.0 Å². The summed E-state index contributed by atoms with van der Waals surface area (Å²) in [6, 6.07) is 10.8. The van der Waals surface area contributed by atoms with Crippen LogP contribution in [0.25, 0.3) is 16.9 Å². The molecule has 4 rings (SSSR count). The molecule has 12 heteroatoms. The summed E-state index contributed by atoms with van der Waals surface area (Å²) in [5.74, 6) is -1.90. The fraction of sp³-hybridized carbons (Fsp3) is 0.100. The smallest absolute Gasteiger partial charge is 0.341 e. The molecule has 0 fully saturated rings. The first-order valence-electron chi connectivity index (χ1n) is 9.26. The van der Waals surface area contributed by atoms with Crippen molar-refractivity contribution < 1.29 is 22.3 Å². The Bertz CT molecular complexity index is 1440. The van der Waals surface area contributed by atoms with Gasteiger partial charge < -0.3 is 4.74 Å². The van der Waals surface area contributed by atoms with Crippen LogP contribution in [0.5, 0.6) is 0 Å². The van der Waals surface area contributed by atoms with Gasteiger partial charge in [0.1, 0.15) is 11.3 Å². The molecular weight excluding hydrogens is 461 g/mol. The molecule has 0 spiro atoms. The van der Waals surface area contributed by atoms with E-state index in [1.165, 1.54) is 22.9 Å². The van der Waals surface area contributed by atoms with E-state index >= 15 is 0 Å². The number of carbonyl (C=O) groups excluding carboxylic acids is 1. The fourth-order valence-electron chi connectivity index (χ4n) is 2.95. The molecule has 0 aliphatic rings. The van der Waals surface area contributed by atoms with Crippen LogP contribution in [0.1, 0.15) is 17.3 Å². The molecule has 4 aromatic rings. The molecule has 2 aromatic carbocycles. The first-order chi connectivity index (χ1) is 15.3. The van der Waals surface area contributed by atoms with E-state index in [9.17, 15) is 17.6 Å². The predicted octanol–water partition coefficient (Wildman–Crippen LogP) is 3.59. The van der Waals surface area contributed by atoms with Crippen molar-refractivity contribution in [3.8, 4) is 5.69 Å². The van der Waals surface area contributed by atoms with Crippen molar-refractivity contribution in [1.82, 2.24) is 20.0 Å². The molecule has 0 aliphatic heterocycles. The van der Waals surface area contributed by atoms with Gasteiger partial charge in [0.25, 0.3) is 10.0 Å². The molecule has 0 atom stereocenters. The lowest BCUT2D eigenvalue weighted by atomic mass is 10.2. The van der Waals surface area contributed by atoms with Crippen molar-refractivity contribution >= 4 is 44.4 Å². The number of halogens is 2. The van der Waals surface area contributed by atoms with Crippen LogP contribution < -0.4 is 4.72 Å². The van der Waals surface area contributed by atoms with Gasteiger partial charge in [-0.05, 0) is 55.5 Å². The van der Waals surface area contributed by atoms with Gasteiger partial charge in [0, 0.05) is 11.2 Å². The summed E-state index contributed by atoms with van der Waals surface area (Å²) in [5.41, 5.74) is 0.942. The van der Waals surface area contributed by atoms with E-state index in [1.807, 2.05) is 0 Å². The number of carbonyl (C=O) groups is 1. The number of esters is 1. The van der Waals surface area contributed by atoms with Gasteiger partial charge in [-0.1, -0.05) is 16.8 Å². The molecule has 9 nitrogen and oxygen atoms in total. The summed E-state index contributed by atoms with van der Waals surface area (Å²) >= 11 is 6.12. The average molecular weight is 476 g/mol. The van der Waals surface area contributed by atoms with E-state index in [1.54, 1.807) is 25.3 Å². The standard InChI is InChI=1S/C20H15ClFN5O4S/c1-2-31-20(28)14-7-6-13(11-15(14)22)32(29,30)25-16-8-5-12(21)10-18(16)27-17-4-3-9-23-19(17)24-26-27/h3-11,25H,2H2,1H3. The molecular formula is C20H15ClFN5O4S. The van der Waals surface area contributed by atoms with Crippen molar-refractivity contribution in [3.63, 3.8) is 0 Å². The summed E-state index contributed by atoms with van der Waals surface area (Å²) in [7, 11) is -4.23. The number of pyridine rings is 1. The Hall–Kier alpha value is -3.57. The first kappa shape index (κ1) is 21.7. The Morgan fingerprint density at radius 2 is 2.03 bits per heavy atom. The highest BCUT2D eigenvalue weighted by Gasteiger charge is 2.22. The van der Waals surface area contributed by atoms with E-state index in [2.05, 4.69) is 20.0 Å². The maximum Gasteiger partial charge on any atom is 0.341 e. The minimum Gasteiger partial charge on any atom is -0.462 e. The van der Waals surface area contributed by atoms with Gasteiger partial charge in [-0.25, -0.2) is 27.3 Å². The van der Waals surface area contributed by atoms with Crippen LogP contribution >= 0.6 is 11.6 Å². The molecule has 164 valence electrons. The molecule has 0 bridgehead atoms. The SMILES string of the molecule is CCOC(=O)c1ccc(S(=O)(=O)Nc2ccc(Cl)cc2-n2nnc3ncccc32)cc1F. The number of aromatic nitrogens is 4. The maximum atomic E-state index is 14.4. The molecule has 0 unspecified atom stereocenters. The van der Waals surface area contributed by atoms with Gasteiger partial charge in [-0.3, -0.25) is 4.72 Å². The number of hydrogen-bond acceptors (Lipinski definition) is 7. The zero-order chi connectivity index (χ0) is 22.9. The minimum atomic E-state index is -4.23. The van der Waals surface area contributed by atoms with Crippen molar-refractivity contribution in [2.24, 2.45) is 0 Å². The third-order valence-corrected chi connectivity index (χ3v) is 6.00. The van der Waals surface area contributed by atoms with E-state index < -0.39 is 21.8 Å². The van der Waals surface area contributed by atoms with Gasteiger partial charge in [0.05, 0.1) is 28.4 Å². The Morgan fingerprint density at radius 1 is 1.22 bits per heavy atom. The van der Waals surface area contributed by atoms with E-state index in [4.69, 9.17) is 16.3 Å². The number of rotatable bonds is 6. The first-order valence-corrected chi connectivity index (χ1v) is 11.1.